The molecule has 1 atom stereocenters. The standard InChI is InChI=1S/C15H27N3O2.ClH/c1-2-7-17-15(20)12-5-9-18(10-6-12)14(19)11-13-4-3-8-16-13;/h12-13,16H,2-11H2,1H3,(H,17,20);1H. The monoisotopic (exact) mass is 317 g/mol. The van der Waals surface area contributed by atoms with Gasteiger partial charge in [-0.25, -0.2) is 0 Å². The fourth-order valence-electron chi connectivity index (χ4n) is 3.05. The lowest BCUT2D eigenvalue weighted by molar-refractivity contribution is -0.136. The van der Waals surface area contributed by atoms with Gasteiger partial charge in [-0.15, -0.1) is 12.4 Å². The number of nitrogens with zero attached hydrogens (tertiary/aromatic N) is 1. The summed E-state index contributed by atoms with van der Waals surface area (Å²) in [5.74, 6) is 0.503. The van der Waals surface area contributed by atoms with Crippen LogP contribution < -0.4 is 10.6 Å². The van der Waals surface area contributed by atoms with E-state index >= 15 is 0 Å². The van der Waals surface area contributed by atoms with E-state index in [4.69, 9.17) is 0 Å². The molecule has 122 valence electrons. The Labute approximate surface area is 133 Å². The predicted molar refractivity (Wildman–Crippen MR) is 85.5 cm³/mol. The molecule has 2 rings (SSSR count). The zero-order valence-corrected chi connectivity index (χ0v) is 13.7. The molecule has 0 radical (unpaired) electrons. The molecule has 2 aliphatic rings. The molecule has 0 aromatic rings. The summed E-state index contributed by atoms with van der Waals surface area (Å²) in [6.45, 7) is 5.31. The third-order valence-electron chi connectivity index (χ3n) is 4.35. The second-order valence-electron chi connectivity index (χ2n) is 5.94. The first-order valence-electron chi connectivity index (χ1n) is 7.99. The normalized spacial score (nSPS) is 22.7. The zero-order valence-electron chi connectivity index (χ0n) is 12.9. The molecule has 2 heterocycles. The number of rotatable bonds is 5. The molecule has 2 aliphatic heterocycles. The number of amides is 2. The first-order chi connectivity index (χ1) is 9.70. The van der Waals surface area contributed by atoms with Gasteiger partial charge in [-0.1, -0.05) is 6.92 Å². The van der Waals surface area contributed by atoms with Gasteiger partial charge in [0.1, 0.15) is 0 Å². The van der Waals surface area contributed by atoms with Crippen LogP contribution in [0.25, 0.3) is 0 Å². The van der Waals surface area contributed by atoms with Crippen LogP contribution in [0.4, 0.5) is 0 Å². The highest BCUT2D eigenvalue weighted by molar-refractivity contribution is 5.85. The number of hydrogen-bond donors (Lipinski definition) is 2. The molecule has 21 heavy (non-hydrogen) atoms. The summed E-state index contributed by atoms with van der Waals surface area (Å²) >= 11 is 0. The average Bonchev–Trinajstić information content (AvgIpc) is 2.97. The Hall–Kier alpha value is -0.810. The first kappa shape index (κ1) is 18.2. The Kier molecular flexibility index (Phi) is 8.04. The van der Waals surface area contributed by atoms with Crippen molar-refractivity contribution in [3.8, 4) is 0 Å². The van der Waals surface area contributed by atoms with E-state index in [0.717, 1.165) is 51.9 Å². The van der Waals surface area contributed by atoms with Crippen LogP contribution in [0.2, 0.25) is 0 Å². The van der Waals surface area contributed by atoms with Crippen LogP contribution >= 0.6 is 12.4 Å². The summed E-state index contributed by atoms with van der Waals surface area (Å²) in [4.78, 5) is 26.0. The maximum absolute atomic E-state index is 12.2. The van der Waals surface area contributed by atoms with Crippen molar-refractivity contribution in [2.45, 2.75) is 51.5 Å². The second kappa shape index (κ2) is 9.26. The van der Waals surface area contributed by atoms with Gasteiger partial charge in [-0.3, -0.25) is 9.59 Å². The molecule has 0 bridgehead atoms. The van der Waals surface area contributed by atoms with Crippen molar-refractivity contribution >= 4 is 24.2 Å². The lowest BCUT2D eigenvalue weighted by Crippen LogP contribution is -2.44. The van der Waals surface area contributed by atoms with Crippen LogP contribution in [0.5, 0.6) is 0 Å². The van der Waals surface area contributed by atoms with Gasteiger partial charge in [-0.05, 0) is 38.6 Å². The average molecular weight is 318 g/mol. The molecule has 0 aliphatic carbocycles. The molecular formula is C15H28ClN3O2. The van der Waals surface area contributed by atoms with Crippen molar-refractivity contribution in [2.24, 2.45) is 5.92 Å². The summed E-state index contributed by atoms with van der Waals surface area (Å²) in [5.41, 5.74) is 0. The molecule has 2 N–H and O–H groups in total. The minimum Gasteiger partial charge on any atom is -0.356 e. The smallest absolute Gasteiger partial charge is 0.224 e. The summed E-state index contributed by atoms with van der Waals surface area (Å²) in [7, 11) is 0. The Balaban J connectivity index is 0.00000220. The molecule has 0 aromatic heterocycles. The van der Waals surface area contributed by atoms with Crippen LogP contribution in [0.3, 0.4) is 0 Å². The number of likely N-dealkylation sites (tertiary alicyclic amines) is 1. The molecule has 1 unspecified atom stereocenters. The van der Waals surface area contributed by atoms with Crippen molar-refractivity contribution < 1.29 is 9.59 Å². The third kappa shape index (κ3) is 5.47. The van der Waals surface area contributed by atoms with Gasteiger partial charge < -0.3 is 15.5 Å². The summed E-state index contributed by atoms with van der Waals surface area (Å²) in [6.07, 6.45) is 5.49. The number of halogens is 1. The molecule has 2 saturated heterocycles. The minimum atomic E-state index is 0. The Morgan fingerprint density at radius 3 is 2.52 bits per heavy atom. The molecule has 5 nitrogen and oxygen atoms in total. The largest absolute Gasteiger partial charge is 0.356 e. The third-order valence-corrected chi connectivity index (χ3v) is 4.35. The number of carbonyl (C=O) groups is 2. The quantitative estimate of drug-likeness (QED) is 0.804. The van der Waals surface area contributed by atoms with E-state index in [-0.39, 0.29) is 30.1 Å². The highest BCUT2D eigenvalue weighted by Gasteiger charge is 2.28. The van der Waals surface area contributed by atoms with Gasteiger partial charge in [0.2, 0.25) is 11.8 Å². The molecular weight excluding hydrogens is 290 g/mol. The van der Waals surface area contributed by atoms with Crippen LogP contribution in [0.1, 0.15) is 45.4 Å². The molecule has 0 spiro atoms. The van der Waals surface area contributed by atoms with E-state index in [0.29, 0.717) is 12.5 Å². The number of hydrogen-bond acceptors (Lipinski definition) is 3. The molecule has 6 heteroatoms. The van der Waals surface area contributed by atoms with Crippen LogP contribution in [-0.2, 0) is 9.59 Å². The molecule has 2 fully saturated rings. The lowest BCUT2D eigenvalue weighted by Gasteiger charge is -2.32. The van der Waals surface area contributed by atoms with E-state index in [1.165, 1.54) is 6.42 Å². The van der Waals surface area contributed by atoms with Crippen molar-refractivity contribution in [3.05, 3.63) is 0 Å². The van der Waals surface area contributed by atoms with Crippen molar-refractivity contribution in [1.29, 1.82) is 0 Å². The van der Waals surface area contributed by atoms with Crippen molar-refractivity contribution in [1.82, 2.24) is 15.5 Å². The number of carbonyl (C=O) groups excluding carboxylic acids is 2. The van der Waals surface area contributed by atoms with Gasteiger partial charge >= 0.3 is 0 Å². The predicted octanol–water partition coefficient (Wildman–Crippen LogP) is 1.32. The van der Waals surface area contributed by atoms with Gasteiger partial charge in [-0.2, -0.15) is 0 Å². The molecule has 0 saturated carbocycles. The summed E-state index contributed by atoms with van der Waals surface area (Å²) in [5, 5.41) is 6.32. The maximum atomic E-state index is 12.2. The highest BCUT2D eigenvalue weighted by atomic mass is 35.5. The van der Waals surface area contributed by atoms with Crippen molar-refractivity contribution in [3.63, 3.8) is 0 Å². The highest BCUT2D eigenvalue weighted by Crippen LogP contribution is 2.19. The number of piperidine rings is 1. The SMILES string of the molecule is CCCNC(=O)C1CCN(C(=O)CC2CCCN2)CC1.Cl. The van der Waals surface area contributed by atoms with Crippen LogP contribution in [0.15, 0.2) is 0 Å². The number of nitrogens with one attached hydrogen (secondary N) is 2. The first-order valence-corrected chi connectivity index (χ1v) is 7.99. The topological polar surface area (TPSA) is 61.4 Å². The van der Waals surface area contributed by atoms with Crippen LogP contribution in [-0.4, -0.2) is 48.9 Å². The fraction of sp³-hybridized carbons (Fsp3) is 0.867. The van der Waals surface area contributed by atoms with E-state index in [1.54, 1.807) is 0 Å². The second-order valence-corrected chi connectivity index (χ2v) is 5.94. The summed E-state index contributed by atoms with van der Waals surface area (Å²) in [6, 6.07) is 0.369. The van der Waals surface area contributed by atoms with E-state index in [1.807, 2.05) is 4.90 Å². The van der Waals surface area contributed by atoms with E-state index in [2.05, 4.69) is 17.6 Å². The Bertz CT molecular complexity index is 338. The maximum Gasteiger partial charge on any atom is 0.224 e. The zero-order chi connectivity index (χ0) is 14.4. The lowest BCUT2D eigenvalue weighted by atomic mass is 9.95. The Morgan fingerprint density at radius 2 is 1.95 bits per heavy atom. The molecule has 0 aromatic carbocycles. The van der Waals surface area contributed by atoms with Crippen molar-refractivity contribution in [2.75, 3.05) is 26.2 Å². The van der Waals surface area contributed by atoms with E-state index < -0.39 is 0 Å². The minimum absolute atomic E-state index is 0. The van der Waals surface area contributed by atoms with Gasteiger partial charge in [0.25, 0.3) is 0 Å². The van der Waals surface area contributed by atoms with Gasteiger partial charge in [0, 0.05) is 38.0 Å². The Morgan fingerprint density at radius 1 is 1.24 bits per heavy atom. The van der Waals surface area contributed by atoms with Crippen LogP contribution in [0, 0.1) is 5.92 Å². The molecule has 2 amide bonds. The fourth-order valence-corrected chi connectivity index (χ4v) is 3.05. The van der Waals surface area contributed by atoms with E-state index in [9.17, 15) is 9.59 Å². The summed E-state index contributed by atoms with van der Waals surface area (Å²) < 4.78 is 0. The van der Waals surface area contributed by atoms with Gasteiger partial charge in [0.05, 0.1) is 0 Å². The van der Waals surface area contributed by atoms with Gasteiger partial charge in [0.15, 0.2) is 0 Å².